The lowest BCUT2D eigenvalue weighted by molar-refractivity contribution is -0.133. The third-order valence-electron chi connectivity index (χ3n) is 4.19. The van der Waals surface area contributed by atoms with Crippen LogP contribution < -0.4 is 15.4 Å². The van der Waals surface area contributed by atoms with Gasteiger partial charge < -0.3 is 15.4 Å². The highest BCUT2D eigenvalue weighted by molar-refractivity contribution is 6.03. The summed E-state index contributed by atoms with van der Waals surface area (Å²) in [7, 11) is 0. The predicted octanol–water partition coefficient (Wildman–Crippen LogP) is 1.40. The van der Waals surface area contributed by atoms with Crippen molar-refractivity contribution in [3.8, 4) is 5.75 Å². The zero-order valence-corrected chi connectivity index (χ0v) is 12.7. The number of benzene rings is 1. The molecule has 6 nitrogen and oxygen atoms in total. The van der Waals surface area contributed by atoms with E-state index in [1.807, 2.05) is 4.90 Å². The molecule has 118 valence electrons. The van der Waals surface area contributed by atoms with E-state index in [4.69, 9.17) is 10.5 Å². The van der Waals surface area contributed by atoms with Crippen LogP contribution in [0.25, 0.3) is 0 Å². The molecule has 0 saturated carbocycles. The van der Waals surface area contributed by atoms with Crippen LogP contribution in [0.3, 0.4) is 0 Å². The number of piperidine rings is 1. The number of anilines is 2. The van der Waals surface area contributed by atoms with Gasteiger partial charge in [0.25, 0.3) is 5.91 Å². The number of hydrogen-bond donors (Lipinski definition) is 1. The number of fused-ring (bicyclic) bond motifs is 1. The van der Waals surface area contributed by atoms with Gasteiger partial charge in [-0.3, -0.25) is 14.5 Å². The molecule has 1 atom stereocenters. The van der Waals surface area contributed by atoms with E-state index >= 15 is 0 Å². The molecule has 0 aliphatic carbocycles. The predicted molar refractivity (Wildman–Crippen MR) is 83.7 cm³/mol. The second-order valence-electron chi connectivity index (χ2n) is 5.85. The highest BCUT2D eigenvalue weighted by Gasteiger charge is 2.33. The fourth-order valence-corrected chi connectivity index (χ4v) is 2.97. The lowest BCUT2D eigenvalue weighted by Gasteiger charge is -2.35. The van der Waals surface area contributed by atoms with Crippen LogP contribution in [0.5, 0.6) is 5.75 Å². The Hall–Kier alpha value is -2.24. The Morgan fingerprint density at radius 3 is 2.77 bits per heavy atom. The average molecular weight is 303 g/mol. The van der Waals surface area contributed by atoms with Crippen molar-refractivity contribution >= 4 is 23.2 Å². The standard InChI is InChI=1S/C16H21N3O3/c1-11-16(21)19(10-15(20)18-7-3-2-4-8-18)13-6-5-12(17)9-14(13)22-11/h5-6,9,11H,2-4,7-8,10,17H2,1H3. The van der Waals surface area contributed by atoms with E-state index in [1.54, 1.807) is 25.1 Å². The van der Waals surface area contributed by atoms with Crippen molar-refractivity contribution in [2.75, 3.05) is 30.3 Å². The Balaban J connectivity index is 1.82. The maximum atomic E-state index is 12.5. The Morgan fingerprint density at radius 2 is 2.05 bits per heavy atom. The van der Waals surface area contributed by atoms with Gasteiger partial charge in [-0.05, 0) is 38.3 Å². The molecule has 22 heavy (non-hydrogen) atoms. The smallest absolute Gasteiger partial charge is 0.268 e. The number of amides is 2. The van der Waals surface area contributed by atoms with E-state index in [-0.39, 0.29) is 18.4 Å². The molecule has 3 rings (SSSR count). The maximum absolute atomic E-state index is 12.5. The zero-order chi connectivity index (χ0) is 15.7. The Kier molecular flexibility index (Phi) is 3.92. The molecule has 6 heteroatoms. The number of rotatable bonds is 2. The van der Waals surface area contributed by atoms with Gasteiger partial charge in [-0.25, -0.2) is 0 Å². The number of carbonyl (C=O) groups excluding carboxylic acids is 2. The number of ether oxygens (including phenoxy) is 1. The molecule has 0 bridgehead atoms. The van der Waals surface area contributed by atoms with Crippen molar-refractivity contribution in [2.45, 2.75) is 32.3 Å². The van der Waals surface area contributed by atoms with Crippen LogP contribution in [0.4, 0.5) is 11.4 Å². The normalized spacial score (nSPS) is 21.3. The summed E-state index contributed by atoms with van der Waals surface area (Å²) in [6.07, 6.45) is 2.63. The number of carbonyl (C=O) groups is 2. The molecule has 1 saturated heterocycles. The average Bonchev–Trinajstić information content (AvgIpc) is 2.52. The van der Waals surface area contributed by atoms with Crippen LogP contribution in [0.2, 0.25) is 0 Å². The van der Waals surface area contributed by atoms with Crippen molar-refractivity contribution < 1.29 is 14.3 Å². The SMILES string of the molecule is CC1Oc2cc(N)ccc2N(CC(=O)N2CCCCC2)C1=O. The molecule has 2 heterocycles. The second kappa shape index (κ2) is 5.87. The van der Waals surface area contributed by atoms with Gasteiger partial charge in [0.15, 0.2) is 6.10 Å². The first-order chi connectivity index (χ1) is 10.6. The quantitative estimate of drug-likeness (QED) is 0.838. The summed E-state index contributed by atoms with van der Waals surface area (Å²) in [6.45, 7) is 3.30. The minimum absolute atomic E-state index is 0.00933. The molecule has 2 aliphatic heterocycles. The van der Waals surface area contributed by atoms with Crippen molar-refractivity contribution in [3.63, 3.8) is 0 Å². The summed E-state index contributed by atoms with van der Waals surface area (Å²) in [4.78, 5) is 28.2. The van der Waals surface area contributed by atoms with E-state index in [1.165, 1.54) is 11.3 Å². The number of likely N-dealkylation sites (tertiary alicyclic amines) is 1. The van der Waals surface area contributed by atoms with Crippen LogP contribution in [0.15, 0.2) is 18.2 Å². The van der Waals surface area contributed by atoms with Gasteiger partial charge in [0.05, 0.1) is 5.69 Å². The molecule has 1 unspecified atom stereocenters. The van der Waals surface area contributed by atoms with E-state index in [2.05, 4.69) is 0 Å². The highest BCUT2D eigenvalue weighted by atomic mass is 16.5. The van der Waals surface area contributed by atoms with Crippen molar-refractivity contribution in [1.82, 2.24) is 4.90 Å². The van der Waals surface area contributed by atoms with Gasteiger partial charge in [0.2, 0.25) is 5.91 Å². The summed E-state index contributed by atoms with van der Waals surface area (Å²) in [5.74, 6) is 0.353. The Bertz CT molecular complexity index is 596. The lowest BCUT2D eigenvalue weighted by Crippen LogP contribution is -2.50. The lowest BCUT2D eigenvalue weighted by atomic mass is 10.1. The minimum atomic E-state index is -0.608. The van der Waals surface area contributed by atoms with Crippen LogP contribution in [-0.4, -0.2) is 42.5 Å². The van der Waals surface area contributed by atoms with E-state index < -0.39 is 6.10 Å². The molecule has 1 aromatic rings. The third-order valence-corrected chi connectivity index (χ3v) is 4.19. The Morgan fingerprint density at radius 1 is 1.32 bits per heavy atom. The summed E-state index contributed by atoms with van der Waals surface area (Å²) >= 11 is 0. The maximum Gasteiger partial charge on any atom is 0.268 e. The third kappa shape index (κ3) is 2.73. The first kappa shape index (κ1) is 14.7. The van der Waals surface area contributed by atoms with E-state index in [9.17, 15) is 9.59 Å². The van der Waals surface area contributed by atoms with Crippen LogP contribution in [0, 0.1) is 0 Å². The molecule has 0 spiro atoms. The molecule has 2 amide bonds. The van der Waals surface area contributed by atoms with Crippen LogP contribution in [-0.2, 0) is 9.59 Å². The monoisotopic (exact) mass is 303 g/mol. The molecular weight excluding hydrogens is 282 g/mol. The molecule has 0 radical (unpaired) electrons. The van der Waals surface area contributed by atoms with Crippen LogP contribution in [0.1, 0.15) is 26.2 Å². The van der Waals surface area contributed by atoms with Gasteiger partial charge in [0, 0.05) is 24.8 Å². The number of nitrogens with zero attached hydrogens (tertiary/aromatic N) is 2. The minimum Gasteiger partial charge on any atom is -0.479 e. The number of hydrogen-bond acceptors (Lipinski definition) is 4. The first-order valence-corrected chi connectivity index (χ1v) is 7.71. The molecule has 2 N–H and O–H groups in total. The van der Waals surface area contributed by atoms with Gasteiger partial charge in [-0.1, -0.05) is 0 Å². The fourth-order valence-electron chi connectivity index (χ4n) is 2.97. The summed E-state index contributed by atoms with van der Waals surface area (Å²) < 4.78 is 5.59. The molecule has 1 fully saturated rings. The molecule has 2 aliphatic rings. The van der Waals surface area contributed by atoms with Gasteiger partial charge in [-0.2, -0.15) is 0 Å². The van der Waals surface area contributed by atoms with Crippen molar-refractivity contribution in [2.24, 2.45) is 0 Å². The number of nitrogens with two attached hydrogens (primary N) is 1. The van der Waals surface area contributed by atoms with Gasteiger partial charge in [-0.15, -0.1) is 0 Å². The zero-order valence-electron chi connectivity index (χ0n) is 12.7. The summed E-state index contributed by atoms with van der Waals surface area (Å²) in [5.41, 5.74) is 6.95. The number of nitrogen functional groups attached to an aromatic ring is 1. The van der Waals surface area contributed by atoms with E-state index in [0.717, 1.165) is 25.9 Å². The summed E-state index contributed by atoms with van der Waals surface area (Å²) in [6, 6.07) is 5.14. The van der Waals surface area contributed by atoms with Crippen LogP contribution >= 0.6 is 0 Å². The first-order valence-electron chi connectivity index (χ1n) is 7.71. The molecule has 0 aromatic heterocycles. The fraction of sp³-hybridized carbons (Fsp3) is 0.500. The molecule has 1 aromatic carbocycles. The largest absolute Gasteiger partial charge is 0.479 e. The highest BCUT2D eigenvalue weighted by Crippen LogP contribution is 2.35. The Labute approximate surface area is 129 Å². The van der Waals surface area contributed by atoms with Crippen molar-refractivity contribution in [1.29, 1.82) is 0 Å². The second-order valence-corrected chi connectivity index (χ2v) is 5.85. The van der Waals surface area contributed by atoms with E-state index in [0.29, 0.717) is 17.1 Å². The van der Waals surface area contributed by atoms with Gasteiger partial charge >= 0.3 is 0 Å². The van der Waals surface area contributed by atoms with Gasteiger partial charge in [0.1, 0.15) is 12.3 Å². The molecular formula is C16H21N3O3. The van der Waals surface area contributed by atoms with Crippen molar-refractivity contribution in [3.05, 3.63) is 18.2 Å². The summed E-state index contributed by atoms with van der Waals surface area (Å²) in [5, 5.41) is 0. The topological polar surface area (TPSA) is 75.9 Å².